The van der Waals surface area contributed by atoms with Gasteiger partial charge in [-0.3, -0.25) is 0 Å². The molecule has 0 fully saturated rings. The van der Waals surface area contributed by atoms with Gasteiger partial charge >= 0.3 is 0 Å². The molecule has 5 rings (SSSR count). The Morgan fingerprint density at radius 3 is 1.00 bits per heavy atom. The Balaban J connectivity index is 1.55. The van der Waals surface area contributed by atoms with E-state index in [4.69, 9.17) is 0 Å². The Bertz CT molecular complexity index is 1450. The van der Waals surface area contributed by atoms with Gasteiger partial charge in [0.1, 0.15) is 14.3 Å². The van der Waals surface area contributed by atoms with E-state index >= 15 is 0 Å². The lowest BCUT2D eigenvalue weighted by Gasteiger charge is -2.40. The monoisotopic (exact) mass is 594 g/mol. The summed E-state index contributed by atoms with van der Waals surface area (Å²) in [4.78, 5) is 1.19. The molecule has 0 N–H and O–H groups in total. The normalized spacial score (nSPS) is 12.5. The fraction of sp³-hybridized carbons (Fsp3) is 0.111. The Labute approximate surface area is 246 Å². The van der Waals surface area contributed by atoms with Crippen molar-refractivity contribution < 1.29 is 9.13 Å². The van der Waals surface area contributed by atoms with Crippen molar-refractivity contribution in [2.45, 2.75) is 4.90 Å². The zero-order valence-corrected chi connectivity index (χ0v) is 25.8. The third-order valence-corrected chi connectivity index (χ3v) is 18.3. The smallest absolute Gasteiger partial charge is 0.144 e. The molecule has 0 spiro atoms. The van der Waals surface area contributed by atoms with Crippen molar-refractivity contribution in [3.05, 3.63) is 164 Å². The molecule has 0 unspecified atom stereocenters. The SMILES string of the molecule is C=CS(CCP(=O)(c1ccccc1)c1ccccc1)(CCP(=O)(c1ccccc1)c1ccccc1)c1ccccc1. The van der Waals surface area contributed by atoms with Gasteiger partial charge in [-0.2, -0.15) is 10.0 Å². The molecule has 208 valence electrons. The lowest BCUT2D eigenvalue weighted by atomic mass is 10.4. The predicted octanol–water partition coefficient (Wildman–Crippen LogP) is 8.02. The van der Waals surface area contributed by atoms with Crippen molar-refractivity contribution >= 4 is 45.5 Å². The molecule has 2 nitrogen and oxygen atoms in total. The summed E-state index contributed by atoms with van der Waals surface area (Å²) in [6, 6.07) is 49.9. The number of hydrogen-bond donors (Lipinski definition) is 0. The maximum Gasteiger partial charge on any atom is 0.144 e. The Kier molecular flexibility index (Phi) is 9.31. The van der Waals surface area contributed by atoms with Gasteiger partial charge in [-0.25, -0.2) is 0 Å². The first-order valence-corrected chi connectivity index (χ1v) is 19.7. The highest BCUT2D eigenvalue weighted by Gasteiger charge is 2.35. The van der Waals surface area contributed by atoms with Gasteiger partial charge in [0.2, 0.25) is 0 Å². The molecule has 0 bridgehead atoms. The second-order valence-corrected chi connectivity index (χ2v) is 19.5. The van der Waals surface area contributed by atoms with E-state index in [9.17, 15) is 9.13 Å². The van der Waals surface area contributed by atoms with E-state index in [1.165, 1.54) is 4.90 Å². The molecule has 5 aromatic carbocycles. The topological polar surface area (TPSA) is 34.1 Å². The average Bonchev–Trinajstić information content (AvgIpc) is 3.07. The van der Waals surface area contributed by atoms with Crippen LogP contribution >= 0.6 is 24.3 Å². The standard InChI is InChI=1S/C36H36O2P2S/c1-2-41(36-26-16-7-17-27-36,30-28-39(37,32-18-8-3-9-19-32)33-20-10-4-11-21-33)31-29-40(38,34-22-12-5-13-23-34)35-24-14-6-15-25-35/h2-27H,1,28-31H2. The highest BCUT2D eigenvalue weighted by Crippen LogP contribution is 2.61. The maximum absolute atomic E-state index is 15.0. The molecule has 0 aliphatic heterocycles. The van der Waals surface area contributed by atoms with E-state index in [-0.39, 0.29) is 0 Å². The largest absolute Gasteiger partial charge is 0.314 e. The molecule has 41 heavy (non-hydrogen) atoms. The Morgan fingerprint density at radius 1 is 0.463 bits per heavy atom. The van der Waals surface area contributed by atoms with Crippen LogP contribution in [0.4, 0.5) is 0 Å². The van der Waals surface area contributed by atoms with Crippen molar-refractivity contribution in [1.29, 1.82) is 0 Å². The Hall–Kier alpha value is -3.35. The van der Waals surface area contributed by atoms with Crippen molar-refractivity contribution in [3.63, 3.8) is 0 Å². The van der Waals surface area contributed by atoms with Crippen LogP contribution in [0.25, 0.3) is 0 Å². The minimum atomic E-state index is -2.93. The first-order valence-electron chi connectivity index (χ1n) is 13.9. The van der Waals surface area contributed by atoms with E-state index in [0.29, 0.717) is 23.8 Å². The van der Waals surface area contributed by atoms with Crippen molar-refractivity contribution in [3.8, 4) is 0 Å². The molecular formula is C36H36O2P2S. The first-order chi connectivity index (χ1) is 20.0. The van der Waals surface area contributed by atoms with E-state index in [0.717, 1.165) is 21.2 Å². The van der Waals surface area contributed by atoms with Crippen molar-refractivity contribution in [2.75, 3.05) is 23.8 Å². The molecule has 0 saturated carbocycles. The zero-order chi connectivity index (χ0) is 28.6. The van der Waals surface area contributed by atoms with Crippen LogP contribution in [0.15, 0.2) is 169 Å². The average molecular weight is 595 g/mol. The van der Waals surface area contributed by atoms with Crippen molar-refractivity contribution in [2.24, 2.45) is 0 Å². The molecule has 5 heteroatoms. The summed E-state index contributed by atoms with van der Waals surface area (Å²) in [5, 5.41) is 5.57. The number of benzene rings is 5. The highest BCUT2D eigenvalue weighted by atomic mass is 32.3. The first kappa shape index (κ1) is 29.2. The van der Waals surface area contributed by atoms with E-state index < -0.39 is 24.3 Å². The summed E-state index contributed by atoms with van der Waals surface area (Å²) in [5.74, 6) is 1.40. The molecule has 0 aliphatic rings. The molecule has 0 amide bonds. The van der Waals surface area contributed by atoms with Gasteiger partial charge in [0.15, 0.2) is 0 Å². The lowest BCUT2D eigenvalue weighted by Crippen LogP contribution is -2.25. The second kappa shape index (κ2) is 13.1. The fourth-order valence-corrected chi connectivity index (χ4v) is 16.2. The Morgan fingerprint density at radius 2 is 0.732 bits per heavy atom. The minimum Gasteiger partial charge on any atom is -0.314 e. The second-order valence-electron chi connectivity index (χ2n) is 10.1. The van der Waals surface area contributed by atoms with Gasteiger partial charge in [-0.05, 0) is 33.9 Å². The summed E-state index contributed by atoms with van der Waals surface area (Å²) >= 11 is 0. The molecule has 0 saturated heterocycles. The molecular weight excluding hydrogens is 558 g/mol. The predicted molar refractivity (Wildman–Crippen MR) is 181 cm³/mol. The summed E-state index contributed by atoms with van der Waals surface area (Å²) in [6.07, 6.45) is 1.02. The van der Waals surface area contributed by atoms with Crippen LogP contribution in [0.5, 0.6) is 0 Å². The van der Waals surface area contributed by atoms with Crippen LogP contribution in [0, 0.1) is 0 Å². The quantitative estimate of drug-likeness (QED) is 0.137. The van der Waals surface area contributed by atoms with Gasteiger partial charge in [-0.15, -0.1) is 0 Å². The van der Waals surface area contributed by atoms with Crippen LogP contribution in [0.1, 0.15) is 0 Å². The fourth-order valence-electron chi connectivity index (χ4n) is 5.36. The molecule has 0 aliphatic carbocycles. The zero-order valence-electron chi connectivity index (χ0n) is 23.2. The summed E-state index contributed by atoms with van der Waals surface area (Å²) in [5.41, 5.74) is 0. The van der Waals surface area contributed by atoms with E-state index in [1.54, 1.807) is 0 Å². The summed E-state index contributed by atoms with van der Waals surface area (Å²) in [7, 11) is -7.55. The molecule has 0 radical (unpaired) electrons. The van der Waals surface area contributed by atoms with Gasteiger partial charge in [0.25, 0.3) is 0 Å². The van der Waals surface area contributed by atoms with Crippen LogP contribution in [0.2, 0.25) is 0 Å². The van der Waals surface area contributed by atoms with Crippen LogP contribution in [-0.2, 0) is 9.13 Å². The van der Waals surface area contributed by atoms with Gasteiger partial charge in [0.05, 0.1) is 0 Å². The van der Waals surface area contributed by atoms with Gasteiger partial charge in [0, 0.05) is 33.5 Å². The summed E-state index contributed by atoms with van der Waals surface area (Å²) < 4.78 is 30.0. The van der Waals surface area contributed by atoms with Crippen molar-refractivity contribution in [1.82, 2.24) is 0 Å². The maximum atomic E-state index is 15.0. The van der Waals surface area contributed by atoms with Crippen LogP contribution in [-0.4, -0.2) is 23.8 Å². The lowest BCUT2D eigenvalue weighted by molar-refractivity contribution is 0.587. The summed E-state index contributed by atoms with van der Waals surface area (Å²) in [6.45, 7) is 4.36. The third kappa shape index (κ3) is 6.29. The molecule has 5 aromatic rings. The van der Waals surface area contributed by atoms with Gasteiger partial charge < -0.3 is 9.13 Å². The minimum absolute atomic E-state index is 0.512. The van der Waals surface area contributed by atoms with Gasteiger partial charge in [-0.1, -0.05) is 146 Å². The molecule has 0 heterocycles. The number of rotatable bonds is 12. The van der Waals surface area contributed by atoms with E-state index in [2.05, 4.69) is 36.3 Å². The van der Waals surface area contributed by atoms with Crippen LogP contribution in [0.3, 0.4) is 0 Å². The highest BCUT2D eigenvalue weighted by molar-refractivity contribution is 8.36. The molecule has 0 aromatic heterocycles. The van der Waals surface area contributed by atoms with E-state index in [1.807, 2.05) is 127 Å². The molecule has 0 atom stereocenters. The van der Waals surface area contributed by atoms with Crippen LogP contribution < -0.4 is 21.2 Å². The third-order valence-electron chi connectivity index (χ3n) is 7.77. The number of hydrogen-bond acceptors (Lipinski definition) is 2.